The molecule has 3 aromatic rings. The fourth-order valence-corrected chi connectivity index (χ4v) is 4.83. The van der Waals surface area contributed by atoms with Crippen LogP contribution < -0.4 is 0 Å². The molecule has 3 aromatic carbocycles. The predicted molar refractivity (Wildman–Crippen MR) is 219 cm³/mol. The van der Waals surface area contributed by atoms with E-state index in [0.717, 1.165) is 42.5 Å². The third-order valence-electron chi connectivity index (χ3n) is 7.30. The largest absolute Gasteiger partial charge is 0.465 e. The SMILES string of the molecule is CCOC(=O)C(C(=O)OCC)c1ccc([N+](=O)[O-])c(F)c1.CCOC(=O)C(Cl)(C(=O)OCC)c1ccc([N+](=O)[O-])c(F)c1.CCOC(=O)C(Cl)C(=O)OCC.O=[N+]([O-])c1ccc(F)cc1F. The molecule has 21 nitrogen and oxygen atoms in total. The Labute approximate surface area is 381 Å². The van der Waals surface area contributed by atoms with Gasteiger partial charge in [0.15, 0.2) is 5.92 Å². The maximum absolute atomic E-state index is 13.7. The molecular weight excluding hydrogens is 945 g/mol. The van der Waals surface area contributed by atoms with Gasteiger partial charge in [-0.25, -0.2) is 23.6 Å². The van der Waals surface area contributed by atoms with Crippen LogP contribution in [0.4, 0.5) is 34.6 Å². The number of hydrogen-bond acceptors (Lipinski definition) is 18. The molecular formula is C39H41Cl2F4N3O18. The van der Waals surface area contributed by atoms with E-state index in [0.29, 0.717) is 12.1 Å². The molecule has 0 amide bonds. The molecule has 0 N–H and O–H groups in total. The summed E-state index contributed by atoms with van der Waals surface area (Å²) in [5, 5.41) is 29.8. The van der Waals surface area contributed by atoms with E-state index in [1.54, 1.807) is 27.7 Å². The monoisotopic (exact) mass is 985 g/mol. The Kier molecular flexibility index (Phi) is 26.3. The van der Waals surface area contributed by atoms with Gasteiger partial charge in [0.2, 0.25) is 22.8 Å². The molecule has 0 fully saturated rings. The Morgan fingerprint density at radius 3 is 1.20 bits per heavy atom. The molecule has 0 spiro atoms. The lowest BCUT2D eigenvalue weighted by Gasteiger charge is -2.23. The fraction of sp³-hybridized carbons (Fsp3) is 0.385. The average molecular weight is 987 g/mol. The number of ether oxygens (including phenoxy) is 6. The summed E-state index contributed by atoms with van der Waals surface area (Å²) in [5.41, 5.74) is -2.64. The van der Waals surface area contributed by atoms with Crippen LogP contribution in [0.3, 0.4) is 0 Å². The molecule has 0 aliphatic rings. The minimum absolute atomic E-state index is 0.0319. The number of esters is 6. The van der Waals surface area contributed by atoms with Crippen molar-refractivity contribution in [2.45, 2.75) is 57.7 Å². The van der Waals surface area contributed by atoms with E-state index in [2.05, 4.69) is 9.47 Å². The molecule has 66 heavy (non-hydrogen) atoms. The van der Waals surface area contributed by atoms with Crippen molar-refractivity contribution in [1.29, 1.82) is 0 Å². The van der Waals surface area contributed by atoms with Gasteiger partial charge in [-0.05, 0) is 76.9 Å². The van der Waals surface area contributed by atoms with Gasteiger partial charge in [0.1, 0.15) is 5.82 Å². The maximum Gasteiger partial charge on any atom is 0.343 e. The van der Waals surface area contributed by atoms with Crippen molar-refractivity contribution in [2.75, 3.05) is 39.6 Å². The Bertz CT molecular complexity index is 2170. The normalized spacial score (nSPS) is 10.3. The van der Waals surface area contributed by atoms with Crippen LogP contribution >= 0.6 is 23.2 Å². The third-order valence-corrected chi connectivity index (χ3v) is 8.18. The van der Waals surface area contributed by atoms with E-state index in [1.807, 2.05) is 0 Å². The first-order valence-corrected chi connectivity index (χ1v) is 19.6. The van der Waals surface area contributed by atoms with Crippen LogP contribution in [0.15, 0.2) is 54.6 Å². The van der Waals surface area contributed by atoms with Crippen LogP contribution in [0.1, 0.15) is 58.6 Å². The van der Waals surface area contributed by atoms with Crippen LogP contribution in [-0.4, -0.2) is 95.6 Å². The Balaban J connectivity index is 0.000000891. The van der Waals surface area contributed by atoms with E-state index in [4.69, 9.17) is 42.1 Å². The number of halogens is 6. The molecule has 362 valence electrons. The zero-order chi connectivity index (χ0) is 50.9. The van der Waals surface area contributed by atoms with Gasteiger partial charge in [-0.2, -0.15) is 13.2 Å². The number of benzene rings is 3. The summed E-state index contributed by atoms with van der Waals surface area (Å²) >= 11 is 11.4. The van der Waals surface area contributed by atoms with Crippen molar-refractivity contribution in [2.24, 2.45) is 0 Å². The Morgan fingerprint density at radius 1 is 0.530 bits per heavy atom. The van der Waals surface area contributed by atoms with Gasteiger partial charge >= 0.3 is 52.9 Å². The number of hydrogen-bond donors (Lipinski definition) is 0. The zero-order valence-electron chi connectivity index (χ0n) is 35.6. The van der Waals surface area contributed by atoms with Gasteiger partial charge in [-0.3, -0.25) is 39.9 Å². The molecule has 0 unspecified atom stereocenters. The highest BCUT2D eigenvalue weighted by Crippen LogP contribution is 2.35. The lowest BCUT2D eigenvalue weighted by atomic mass is 9.97. The lowest BCUT2D eigenvalue weighted by Crippen LogP contribution is -2.41. The van der Waals surface area contributed by atoms with Crippen molar-refractivity contribution in [3.63, 3.8) is 0 Å². The highest BCUT2D eigenvalue weighted by molar-refractivity contribution is 6.44. The average Bonchev–Trinajstić information content (AvgIpc) is 3.24. The Morgan fingerprint density at radius 2 is 0.864 bits per heavy atom. The van der Waals surface area contributed by atoms with Crippen molar-refractivity contribution in [3.05, 3.63) is 119 Å². The highest BCUT2D eigenvalue weighted by Gasteiger charge is 2.50. The summed E-state index contributed by atoms with van der Waals surface area (Å²) in [4.78, 5) is 95.2. The standard InChI is InChI=1S/C13H13ClFNO6.C13H14FNO6.C7H11ClO4.C6H3F2NO2/c1-3-21-11(17)13(14,12(18)22-4-2)8-5-6-10(16(19)20)9(15)7-8;1-3-20-12(16)11(13(17)21-4-2)8-5-6-10(15(18)19)9(14)7-8;1-3-11-6(9)5(8)7(10)12-4-2;7-4-1-2-6(9(10)11)5(8)3-4/h5-7H,3-4H2,1-2H3;5-7,11H,3-4H2,1-2H3;5H,3-4H2,1-2H3;1-3H. The maximum atomic E-state index is 13.7. The second-order valence-corrected chi connectivity index (χ2v) is 12.7. The molecule has 0 saturated carbocycles. The molecule has 0 aliphatic heterocycles. The Hall–Kier alpha value is -7.02. The number of nitro benzene ring substituents is 3. The number of carbonyl (C=O) groups excluding carboxylic acids is 6. The van der Waals surface area contributed by atoms with E-state index < -0.39 is 107 Å². The smallest absolute Gasteiger partial charge is 0.343 e. The molecule has 0 aromatic heterocycles. The highest BCUT2D eigenvalue weighted by atomic mass is 35.5. The van der Waals surface area contributed by atoms with Crippen LogP contribution in [0.2, 0.25) is 0 Å². The van der Waals surface area contributed by atoms with Gasteiger partial charge in [0.25, 0.3) is 4.87 Å². The second-order valence-electron chi connectivity index (χ2n) is 11.6. The summed E-state index contributed by atoms with van der Waals surface area (Å²) in [7, 11) is 0. The summed E-state index contributed by atoms with van der Waals surface area (Å²) in [6.07, 6.45) is 0. The number of nitrogens with zero attached hydrogens (tertiary/aromatic N) is 3. The van der Waals surface area contributed by atoms with Crippen molar-refractivity contribution < 1.29 is 89.5 Å². The van der Waals surface area contributed by atoms with Gasteiger partial charge in [0, 0.05) is 24.3 Å². The first-order chi connectivity index (χ1) is 30.9. The van der Waals surface area contributed by atoms with E-state index in [-0.39, 0.29) is 50.8 Å². The lowest BCUT2D eigenvalue weighted by molar-refractivity contribution is -0.387. The molecule has 0 aliphatic carbocycles. The molecule has 3 rings (SSSR count). The van der Waals surface area contributed by atoms with Gasteiger partial charge in [-0.1, -0.05) is 29.3 Å². The minimum Gasteiger partial charge on any atom is -0.465 e. The minimum atomic E-state index is -2.43. The van der Waals surface area contributed by atoms with E-state index >= 15 is 0 Å². The number of alkyl halides is 2. The predicted octanol–water partition coefficient (Wildman–Crippen LogP) is 6.83. The first kappa shape index (κ1) is 59.0. The molecule has 0 atom stereocenters. The second kappa shape index (κ2) is 29.4. The summed E-state index contributed by atoms with van der Waals surface area (Å²) < 4.78 is 79.8. The summed E-state index contributed by atoms with van der Waals surface area (Å²) in [6.45, 7) is 9.68. The van der Waals surface area contributed by atoms with Gasteiger partial charge in [-0.15, -0.1) is 0 Å². The zero-order valence-corrected chi connectivity index (χ0v) is 37.1. The topological polar surface area (TPSA) is 287 Å². The summed E-state index contributed by atoms with van der Waals surface area (Å²) in [5.74, 6) is -11.5. The van der Waals surface area contributed by atoms with E-state index in [9.17, 15) is 76.7 Å². The fourth-order valence-electron chi connectivity index (χ4n) is 4.48. The van der Waals surface area contributed by atoms with Crippen molar-refractivity contribution >= 4 is 76.1 Å². The molecule has 0 saturated heterocycles. The molecule has 27 heteroatoms. The first-order valence-electron chi connectivity index (χ1n) is 18.8. The molecule has 0 bridgehead atoms. The van der Waals surface area contributed by atoms with Gasteiger partial charge < -0.3 is 28.4 Å². The number of rotatable bonds is 17. The summed E-state index contributed by atoms with van der Waals surface area (Å²) in [6, 6.07) is 7.30. The quantitative estimate of drug-likeness (QED) is 0.0255. The van der Waals surface area contributed by atoms with Crippen LogP contribution in [0.5, 0.6) is 0 Å². The van der Waals surface area contributed by atoms with Crippen LogP contribution in [0.25, 0.3) is 0 Å². The third kappa shape index (κ3) is 17.9. The number of nitro groups is 3. The van der Waals surface area contributed by atoms with Crippen LogP contribution in [-0.2, 0) is 62.1 Å². The van der Waals surface area contributed by atoms with Crippen molar-refractivity contribution in [3.8, 4) is 0 Å². The molecule has 0 radical (unpaired) electrons. The van der Waals surface area contributed by atoms with Crippen molar-refractivity contribution in [1.82, 2.24) is 0 Å². The number of carbonyl (C=O) groups is 6. The van der Waals surface area contributed by atoms with Crippen LogP contribution in [0, 0.1) is 53.6 Å². The van der Waals surface area contributed by atoms with Gasteiger partial charge in [0.05, 0.1) is 54.4 Å². The molecule has 0 heterocycles. The van der Waals surface area contributed by atoms with E-state index in [1.165, 1.54) is 13.8 Å².